The van der Waals surface area contributed by atoms with Crippen LogP contribution in [0.25, 0.3) is 0 Å². The van der Waals surface area contributed by atoms with Gasteiger partial charge in [-0.1, -0.05) is 12.1 Å². The van der Waals surface area contributed by atoms with Crippen molar-refractivity contribution in [3.05, 3.63) is 70.6 Å². The molecule has 4 rings (SSSR count). The van der Waals surface area contributed by atoms with E-state index in [9.17, 15) is 15.0 Å². The Bertz CT molecular complexity index is 1050. The monoisotopic (exact) mass is 435 g/mol. The number of aliphatic hydroxyl groups excluding tert-OH is 1. The maximum Gasteiger partial charge on any atom is 0.271 e. The molecule has 1 aromatic carbocycles. The zero-order chi connectivity index (χ0) is 22.7. The van der Waals surface area contributed by atoms with Gasteiger partial charge in [-0.2, -0.15) is 0 Å². The number of primary amides is 1. The molecule has 0 atom stereocenters. The number of nitrogens with two attached hydrogens (primary N) is 1. The largest absolute Gasteiger partial charge is 0.510 e. The number of nitrogens with zero attached hydrogens (tertiary/aromatic N) is 3. The SMILES string of the molecule is Cc1nc(CC2CCN(c3ccc(CC4=CNCC(O)=C4)cc3)CC2)nc(C(N)=O)c1O. The van der Waals surface area contributed by atoms with E-state index in [1.807, 2.05) is 12.3 Å². The molecule has 0 bridgehead atoms. The Balaban J connectivity index is 1.33. The zero-order valence-electron chi connectivity index (χ0n) is 18.2. The molecule has 0 radical (unpaired) electrons. The minimum absolute atomic E-state index is 0.101. The van der Waals surface area contributed by atoms with Crippen LogP contribution in [0.5, 0.6) is 5.75 Å². The van der Waals surface area contributed by atoms with Gasteiger partial charge in [0, 0.05) is 31.4 Å². The number of aromatic nitrogens is 2. The maximum absolute atomic E-state index is 11.5. The van der Waals surface area contributed by atoms with Crippen LogP contribution in [0.1, 0.15) is 40.4 Å². The molecule has 8 heteroatoms. The van der Waals surface area contributed by atoms with Crippen LogP contribution in [0.3, 0.4) is 0 Å². The molecule has 1 amide bonds. The summed E-state index contributed by atoms with van der Waals surface area (Å²) in [4.78, 5) is 22.4. The molecule has 2 aliphatic rings. The highest BCUT2D eigenvalue weighted by atomic mass is 16.3. The van der Waals surface area contributed by atoms with Crippen LogP contribution in [0.4, 0.5) is 5.69 Å². The van der Waals surface area contributed by atoms with E-state index in [0.717, 1.165) is 37.9 Å². The maximum atomic E-state index is 11.5. The summed E-state index contributed by atoms with van der Waals surface area (Å²) in [7, 11) is 0. The predicted octanol–water partition coefficient (Wildman–Crippen LogP) is 2.52. The van der Waals surface area contributed by atoms with Crippen LogP contribution in [-0.2, 0) is 12.8 Å². The predicted molar refractivity (Wildman–Crippen MR) is 123 cm³/mol. The number of nitrogens with one attached hydrogen (secondary N) is 1. The standard InChI is InChI=1S/C24H29N5O3/c1-15-23(31)22(24(25)32)28-21(27-15)12-17-6-8-29(9-7-17)19-4-2-16(3-5-19)10-18-11-20(30)14-26-13-18/h2-5,11,13,17,26,30-31H,6-10,12,14H2,1H3,(H2,25,32). The van der Waals surface area contributed by atoms with Gasteiger partial charge in [-0.05, 0) is 61.4 Å². The third-order valence-electron chi connectivity index (χ3n) is 6.06. The Morgan fingerprint density at radius 1 is 1.19 bits per heavy atom. The number of carbonyl (C=O) groups excluding carboxylic acids is 1. The van der Waals surface area contributed by atoms with Crippen LogP contribution >= 0.6 is 0 Å². The number of hydrogen-bond donors (Lipinski definition) is 4. The molecule has 1 saturated heterocycles. The molecular weight excluding hydrogens is 406 g/mol. The van der Waals surface area contributed by atoms with Crippen molar-refractivity contribution in [1.82, 2.24) is 15.3 Å². The first-order chi connectivity index (χ1) is 15.4. The van der Waals surface area contributed by atoms with Crippen LogP contribution in [-0.4, -0.2) is 45.7 Å². The average molecular weight is 436 g/mol. The van der Waals surface area contributed by atoms with Gasteiger partial charge in [-0.15, -0.1) is 0 Å². The molecule has 1 fully saturated rings. The summed E-state index contributed by atoms with van der Waals surface area (Å²) in [6, 6.07) is 8.59. The van der Waals surface area contributed by atoms with Gasteiger partial charge in [0.25, 0.3) is 5.91 Å². The number of aryl methyl sites for hydroxylation is 1. The number of rotatable bonds is 6. The fourth-order valence-electron chi connectivity index (χ4n) is 4.30. The van der Waals surface area contributed by atoms with Gasteiger partial charge < -0.3 is 26.2 Å². The highest BCUT2D eigenvalue weighted by Gasteiger charge is 2.22. The van der Waals surface area contributed by atoms with Crippen molar-refractivity contribution >= 4 is 11.6 Å². The number of dihydropyridines is 1. The fraction of sp³-hybridized carbons (Fsp3) is 0.375. The first-order valence-corrected chi connectivity index (χ1v) is 10.9. The molecule has 0 spiro atoms. The number of hydrogen-bond acceptors (Lipinski definition) is 7. The van der Waals surface area contributed by atoms with Gasteiger partial charge in [0.15, 0.2) is 11.4 Å². The summed E-state index contributed by atoms with van der Waals surface area (Å²) >= 11 is 0. The summed E-state index contributed by atoms with van der Waals surface area (Å²) in [5, 5.41) is 22.7. The molecule has 2 aliphatic heterocycles. The second-order valence-electron chi connectivity index (χ2n) is 8.50. The Labute approximate surface area is 187 Å². The van der Waals surface area contributed by atoms with Crippen LogP contribution in [0, 0.1) is 12.8 Å². The molecule has 0 aliphatic carbocycles. The summed E-state index contributed by atoms with van der Waals surface area (Å²) in [6.45, 7) is 4.02. The first-order valence-electron chi connectivity index (χ1n) is 10.9. The van der Waals surface area contributed by atoms with E-state index in [1.165, 1.54) is 11.3 Å². The number of amides is 1. The van der Waals surface area contributed by atoms with E-state index in [-0.39, 0.29) is 11.4 Å². The zero-order valence-corrected chi connectivity index (χ0v) is 18.2. The van der Waals surface area contributed by atoms with E-state index in [0.29, 0.717) is 36.2 Å². The minimum Gasteiger partial charge on any atom is -0.510 e. The summed E-state index contributed by atoms with van der Waals surface area (Å²) in [6.07, 6.45) is 7.21. The van der Waals surface area contributed by atoms with Gasteiger partial charge in [0.2, 0.25) is 0 Å². The number of aliphatic hydroxyl groups is 1. The number of allylic oxidation sites excluding steroid dienone is 2. The molecule has 3 heterocycles. The highest BCUT2D eigenvalue weighted by Crippen LogP contribution is 2.27. The molecule has 0 unspecified atom stereocenters. The molecule has 1 aromatic heterocycles. The third-order valence-corrected chi connectivity index (χ3v) is 6.06. The lowest BCUT2D eigenvalue weighted by molar-refractivity contribution is 0.0991. The lowest BCUT2D eigenvalue weighted by Gasteiger charge is -2.33. The lowest BCUT2D eigenvalue weighted by atomic mass is 9.92. The van der Waals surface area contributed by atoms with Crippen molar-refractivity contribution in [2.75, 3.05) is 24.5 Å². The second-order valence-corrected chi connectivity index (χ2v) is 8.50. The van der Waals surface area contributed by atoms with E-state index in [2.05, 4.69) is 44.5 Å². The molecule has 0 saturated carbocycles. The fourth-order valence-corrected chi connectivity index (χ4v) is 4.30. The van der Waals surface area contributed by atoms with Crippen molar-refractivity contribution in [2.45, 2.75) is 32.6 Å². The van der Waals surface area contributed by atoms with Crippen molar-refractivity contribution in [2.24, 2.45) is 11.7 Å². The van der Waals surface area contributed by atoms with Crippen molar-refractivity contribution in [3.63, 3.8) is 0 Å². The van der Waals surface area contributed by atoms with E-state index in [1.54, 1.807) is 6.92 Å². The van der Waals surface area contributed by atoms with Crippen LogP contribution in [0.15, 0.2) is 47.9 Å². The summed E-state index contributed by atoms with van der Waals surface area (Å²) in [5.74, 6) is 0.365. The highest BCUT2D eigenvalue weighted by molar-refractivity contribution is 5.93. The van der Waals surface area contributed by atoms with Gasteiger partial charge >= 0.3 is 0 Å². The number of piperidine rings is 1. The van der Waals surface area contributed by atoms with Crippen molar-refractivity contribution in [3.8, 4) is 5.75 Å². The quantitative estimate of drug-likeness (QED) is 0.549. The van der Waals surface area contributed by atoms with Gasteiger partial charge in [-0.3, -0.25) is 4.79 Å². The Kier molecular flexibility index (Phi) is 6.30. The van der Waals surface area contributed by atoms with Gasteiger partial charge in [-0.25, -0.2) is 9.97 Å². The Morgan fingerprint density at radius 2 is 1.91 bits per heavy atom. The lowest BCUT2D eigenvalue weighted by Crippen LogP contribution is -2.34. The smallest absolute Gasteiger partial charge is 0.271 e. The van der Waals surface area contributed by atoms with Crippen molar-refractivity contribution in [1.29, 1.82) is 0 Å². The summed E-state index contributed by atoms with van der Waals surface area (Å²) in [5.41, 5.74) is 9.07. The summed E-state index contributed by atoms with van der Waals surface area (Å²) < 4.78 is 0. The molecule has 32 heavy (non-hydrogen) atoms. The first kappa shape index (κ1) is 21.7. The van der Waals surface area contributed by atoms with Crippen LogP contribution in [0.2, 0.25) is 0 Å². The van der Waals surface area contributed by atoms with E-state index < -0.39 is 5.91 Å². The Morgan fingerprint density at radius 3 is 2.56 bits per heavy atom. The van der Waals surface area contributed by atoms with Gasteiger partial charge in [0.1, 0.15) is 11.6 Å². The van der Waals surface area contributed by atoms with Crippen LogP contribution < -0.4 is 16.0 Å². The average Bonchev–Trinajstić information content (AvgIpc) is 2.77. The topological polar surface area (TPSA) is 125 Å². The number of carbonyl (C=O) groups is 1. The number of benzene rings is 1. The normalized spacial score (nSPS) is 16.8. The molecule has 2 aromatic rings. The molecule has 5 N–H and O–H groups in total. The minimum atomic E-state index is -0.739. The molecule has 8 nitrogen and oxygen atoms in total. The molecule has 168 valence electrons. The molecular formula is C24H29N5O3. The number of anilines is 1. The van der Waals surface area contributed by atoms with Gasteiger partial charge in [0.05, 0.1) is 12.2 Å². The van der Waals surface area contributed by atoms with E-state index >= 15 is 0 Å². The van der Waals surface area contributed by atoms with E-state index in [4.69, 9.17) is 5.73 Å². The third kappa shape index (κ3) is 5.01. The van der Waals surface area contributed by atoms with Crippen molar-refractivity contribution < 1.29 is 15.0 Å². The Hall–Kier alpha value is -3.55. The second kappa shape index (κ2) is 9.30. The number of aromatic hydroxyl groups is 1.